The molecule has 0 spiro atoms. The summed E-state index contributed by atoms with van der Waals surface area (Å²) in [5.41, 5.74) is 16.0. The van der Waals surface area contributed by atoms with Gasteiger partial charge >= 0.3 is 0 Å². The standard InChI is InChI=1S/C49H37N/c1-49(2)45-27-15-26-42(39-23-14-22-36(30-39)34-16-6-3-7-17-34)48(45)43-29-28-41(33-46(43)49)50(40-24-10-5-11-25-40)47-32-38-21-13-12-20-37(38)31-44(47)35-18-8-4-9-19-35/h3-33H,1-2H3. The van der Waals surface area contributed by atoms with Crippen molar-refractivity contribution < 1.29 is 0 Å². The molecule has 0 amide bonds. The highest BCUT2D eigenvalue weighted by Crippen LogP contribution is 2.54. The number of anilines is 3. The molecule has 0 saturated carbocycles. The number of hydrogen-bond donors (Lipinski definition) is 0. The molecular formula is C49H37N. The van der Waals surface area contributed by atoms with Crippen LogP contribution in [-0.2, 0) is 5.41 Å². The third-order valence-corrected chi connectivity index (χ3v) is 10.4. The fraction of sp³-hybridized carbons (Fsp3) is 0.0612. The van der Waals surface area contributed by atoms with Crippen molar-refractivity contribution in [2.75, 3.05) is 4.90 Å². The Kier molecular flexibility index (Phi) is 7.21. The van der Waals surface area contributed by atoms with E-state index in [1.807, 2.05) is 0 Å². The molecule has 0 radical (unpaired) electrons. The van der Waals surface area contributed by atoms with Crippen LogP contribution in [-0.4, -0.2) is 0 Å². The molecule has 0 unspecified atom stereocenters. The van der Waals surface area contributed by atoms with E-state index < -0.39 is 0 Å². The zero-order valence-electron chi connectivity index (χ0n) is 28.3. The van der Waals surface area contributed by atoms with E-state index in [-0.39, 0.29) is 5.41 Å². The predicted molar refractivity (Wildman–Crippen MR) is 213 cm³/mol. The van der Waals surface area contributed by atoms with E-state index >= 15 is 0 Å². The summed E-state index contributed by atoms with van der Waals surface area (Å²) >= 11 is 0. The third-order valence-electron chi connectivity index (χ3n) is 10.4. The van der Waals surface area contributed by atoms with Gasteiger partial charge in [-0.3, -0.25) is 0 Å². The van der Waals surface area contributed by atoms with Gasteiger partial charge in [0, 0.05) is 22.4 Å². The van der Waals surface area contributed by atoms with Crippen LogP contribution in [0.1, 0.15) is 25.0 Å². The van der Waals surface area contributed by atoms with Gasteiger partial charge in [0.1, 0.15) is 0 Å². The normalized spacial score (nSPS) is 12.8. The number of hydrogen-bond acceptors (Lipinski definition) is 1. The number of benzene rings is 8. The molecular weight excluding hydrogens is 603 g/mol. The molecule has 0 atom stereocenters. The third kappa shape index (κ3) is 5.02. The summed E-state index contributed by atoms with van der Waals surface area (Å²) in [6.45, 7) is 4.76. The van der Waals surface area contributed by atoms with Gasteiger partial charge in [0.15, 0.2) is 0 Å². The summed E-state index contributed by atoms with van der Waals surface area (Å²) in [4.78, 5) is 2.44. The Morgan fingerprint density at radius 1 is 0.360 bits per heavy atom. The Balaban J connectivity index is 1.24. The first-order valence-electron chi connectivity index (χ1n) is 17.4. The van der Waals surface area contributed by atoms with Gasteiger partial charge in [0.2, 0.25) is 0 Å². The van der Waals surface area contributed by atoms with Crippen LogP contribution in [0.25, 0.3) is 55.3 Å². The Labute approximate surface area is 294 Å². The minimum Gasteiger partial charge on any atom is -0.310 e. The molecule has 9 rings (SSSR count). The fourth-order valence-corrected chi connectivity index (χ4v) is 7.92. The molecule has 1 aliphatic carbocycles. The number of nitrogens with zero attached hydrogens (tertiary/aromatic N) is 1. The highest BCUT2D eigenvalue weighted by molar-refractivity contribution is 5.99. The van der Waals surface area contributed by atoms with E-state index in [0.717, 1.165) is 17.1 Å². The van der Waals surface area contributed by atoms with Gasteiger partial charge < -0.3 is 4.90 Å². The molecule has 50 heavy (non-hydrogen) atoms. The van der Waals surface area contributed by atoms with Gasteiger partial charge in [-0.15, -0.1) is 0 Å². The van der Waals surface area contributed by atoms with Crippen molar-refractivity contribution in [3.05, 3.63) is 199 Å². The lowest BCUT2D eigenvalue weighted by Gasteiger charge is -2.30. The van der Waals surface area contributed by atoms with E-state index in [0.29, 0.717) is 0 Å². The monoisotopic (exact) mass is 639 g/mol. The van der Waals surface area contributed by atoms with Crippen LogP contribution in [0.4, 0.5) is 17.1 Å². The number of para-hydroxylation sites is 1. The van der Waals surface area contributed by atoms with Crippen LogP contribution in [0.15, 0.2) is 188 Å². The lowest BCUT2D eigenvalue weighted by molar-refractivity contribution is 0.660. The topological polar surface area (TPSA) is 3.24 Å². The summed E-state index contributed by atoms with van der Waals surface area (Å²) in [6.07, 6.45) is 0. The van der Waals surface area contributed by atoms with Crippen LogP contribution in [0, 0.1) is 0 Å². The molecule has 238 valence electrons. The maximum atomic E-state index is 2.44. The predicted octanol–water partition coefficient (Wildman–Crippen LogP) is 13.6. The van der Waals surface area contributed by atoms with Gasteiger partial charge in [-0.25, -0.2) is 0 Å². The summed E-state index contributed by atoms with van der Waals surface area (Å²) in [5.74, 6) is 0. The first-order chi connectivity index (χ1) is 24.6. The van der Waals surface area contributed by atoms with Crippen molar-refractivity contribution in [3.63, 3.8) is 0 Å². The highest BCUT2D eigenvalue weighted by atomic mass is 15.1. The Morgan fingerprint density at radius 2 is 0.960 bits per heavy atom. The van der Waals surface area contributed by atoms with E-state index in [1.54, 1.807) is 0 Å². The lowest BCUT2D eigenvalue weighted by atomic mass is 9.81. The second kappa shape index (κ2) is 12.1. The summed E-state index contributed by atoms with van der Waals surface area (Å²) in [5, 5.41) is 2.46. The van der Waals surface area contributed by atoms with Gasteiger partial charge in [-0.05, 0) is 103 Å². The van der Waals surface area contributed by atoms with Crippen LogP contribution in [0.2, 0.25) is 0 Å². The summed E-state index contributed by atoms with van der Waals surface area (Å²) in [6, 6.07) is 68.6. The summed E-state index contributed by atoms with van der Waals surface area (Å²) < 4.78 is 0. The smallest absolute Gasteiger partial charge is 0.0546 e. The molecule has 0 aliphatic heterocycles. The molecule has 8 aromatic carbocycles. The van der Waals surface area contributed by atoms with Gasteiger partial charge in [-0.1, -0.05) is 159 Å². The summed E-state index contributed by atoms with van der Waals surface area (Å²) in [7, 11) is 0. The Morgan fingerprint density at radius 3 is 1.70 bits per heavy atom. The SMILES string of the molecule is CC1(C)c2cc(N(c3ccccc3)c3cc4ccccc4cc3-c3ccccc3)ccc2-c2c(-c3cccc(-c4ccccc4)c3)cccc21. The quantitative estimate of drug-likeness (QED) is 0.175. The zero-order chi connectivity index (χ0) is 33.7. The molecule has 0 aromatic heterocycles. The number of fused-ring (bicyclic) bond motifs is 4. The lowest BCUT2D eigenvalue weighted by Crippen LogP contribution is -2.17. The first kappa shape index (κ1) is 29.9. The molecule has 1 heteroatoms. The van der Waals surface area contributed by atoms with Crippen LogP contribution < -0.4 is 4.90 Å². The van der Waals surface area contributed by atoms with Crippen molar-refractivity contribution in [1.82, 2.24) is 0 Å². The second-order valence-corrected chi connectivity index (χ2v) is 13.8. The first-order valence-corrected chi connectivity index (χ1v) is 17.4. The van der Waals surface area contributed by atoms with Crippen molar-refractivity contribution >= 4 is 27.8 Å². The second-order valence-electron chi connectivity index (χ2n) is 13.8. The zero-order valence-corrected chi connectivity index (χ0v) is 28.3. The molecule has 0 N–H and O–H groups in total. The van der Waals surface area contributed by atoms with E-state index in [2.05, 4.69) is 207 Å². The van der Waals surface area contributed by atoms with Crippen LogP contribution in [0.3, 0.4) is 0 Å². The van der Waals surface area contributed by atoms with E-state index in [1.165, 1.54) is 66.4 Å². The van der Waals surface area contributed by atoms with Gasteiger partial charge in [0.05, 0.1) is 5.69 Å². The molecule has 1 nitrogen and oxygen atoms in total. The average Bonchev–Trinajstić information content (AvgIpc) is 3.41. The average molecular weight is 640 g/mol. The van der Waals surface area contributed by atoms with E-state index in [9.17, 15) is 0 Å². The molecule has 8 aromatic rings. The molecule has 0 bridgehead atoms. The minimum absolute atomic E-state index is 0.179. The minimum atomic E-state index is -0.179. The highest BCUT2D eigenvalue weighted by Gasteiger charge is 2.37. The largest absolute Gasteiger partial charge is 0.310 e. The van der Waals surface area contributed by atoms with Crippen molar-refractivity contribution in [1.29, 1.82) is 0 Å². The Bertz CT molecular complexity index is 2490. The molecule has 0 fully saturated rings. The maximum absolute atomic E-state index is 2.44. The molecule has 0 heterocycles. The van der Waals surface area contributed by atoms with E-state index in [4.69, 9.17) is 0 Å². The van der Waals surface area contributed by atoms with Crippen LogP contribution in [0.5, 0.6) is 0 Å². The Hall–Kier alpha value is -6.18. The van der Waals surface area contributed by atoms with Crippen molar-refractivity contribution in [2.45, 2.75) is 19.3 Å². The fourth-order valence-electron chi connectivity index (χ4n) is 7.92. The van der Waals surface area contributed by atoms with Gasteiger partial charge in [0.25, 0.3) is 0 Å². The van der Waals surface area contributed by atoms with Gasteiger partial charge in [-0.2, -0.15) is 0 Å². The van der Waals surface area contributed by atoms with Crippen molar-refractivity contribution in [3.8, 4) is 44.5 Å². The number of rotatable bonds is 6. The molecule has 1 aliphatic rings. The molecule has 0 saturated heterocycles. The maximum Gasteiger partial charge on any atom is 0.0546 e. The van der Waals surface area contributed by atoms with Crippen LogP contribution >= 0.6 is 0 Å². The van der Waals surface area contributed by atoms with Crippen molar-refractivity contribution in [2.24, 2.45) is 0 Å².